The number of likely N-dealkylation sites (N-methyl/N-ethyl adjacent to an activating group) is 1. The van der Waals surface area contributed by atoms with E-state index in [2.05, 4.69) is 10.2 Å². The highest BCUT2D eigenvalue weighted by Gasteiger charge is 2.47. The average molecular weight is 361 g/mol. The standard InChI is InChI=1S/C19H27N3O4/c1-15(17(23)20-2)21-10-8-19(9-11-21)14-22(18(24)26-19)12-13-25-16-6-4-3-5-7-16/h3-7,15H,8-14H2,1-2H3,(H,20,23)/t15-/m0/s1. The molecule has 1 aromatic rings. The molecule has 0 unspecified atom stereocenters. The number of hydrogen-bond donors (Lipinski definition) is 1. The number of nitrogens with zero attached hydrogens (tertiary/aromatic N) is 2. The van der Waals surface area contributed by atoms with E-state index < -0.39 is 5.60 Å². The SMILES string of the molecule is CNC(=O)[C@H](C)N1CCC2(CC1)CN(CCOc1ccccc1)C(=O)O2. The number of para-hydroxylation sites is 1. The topological polar surface area (TPSA) is 71.1 Å². The van der Waals surface area contributed by atoms with Crippen molar-refractivity contribution in [1.29, 1.82) is 0 Å². The molecule has 2 aliphatic heterocycles. The van der Waals surface area contributed by atoms with E-state index in [1.54, 1.807) is 11.9 Å². The highest BCUT2D eigenvalue weighted by molar-refractivity contribution is 5.81. The molecule has 0 bridgehead atoms. The Morgan fingerprint density at radius 3 is 2.65 bits per heavy atom. The summed E-state index contributed by atoms with van der Waals surface area (Å²) in [6.45, 7) is 4.94. The number of benzene rings is 1. The van der Waals surface area contributed by atoms with Crippen LogP contribution in [0.3, 0.4) is 0 Å². The Morgan fingerprint density at radius 2 is 2.00 bits per heavy atom. The summed E-state index contributed by atoms with van der Waals surface area (Å²) in [5.74, 6) is 0.815. The molecule has 2 aliphatic rings. The van der Waals surface area contributed by atoms with Gasteiger partial charge in [0.2, 0.25) is 5.91 Å². The number of ether oxygens (including phenoxy) is 2. The predicted octanol–water partition coefficient (Wildman–Crippen LogP) is 1.49. The normalized spacial score (nSPS) is 20.7. The number of nitrogens with one attached hydrogen (secondary N) is 1. The molecule has 2 amide bonds. The Balaban J connectivity index is 1.48. The summed E-state index contributed by atoms with van der Waals surface area (Å²) in [6.07, 6.45) is 1.22. The van der Waals surface area contributed by atoms with E-state index in [1.807, 2.05) is 37.3 Å². The molecule has 3 rings (SSSR count). The summed E-state index contributed by atoms with van der Waals surface area (Å²) in [6, 6.07) is 9.40. The molecule has 0 aliphatic carbocycles. The third-order valence-electron chi connectivity index (χ3n) is 5.30. The lowest BCUT2D eigenvalue weighted by Gasteiger charge is -2.39. The van der Waals surface area contributed by atoms with Gasteiger partial charge in [0.25, 0.3) is 0 Å². The van der Waals surface area contributed by atoms with Crippen LogP contribution in [0.25, 0.3) is 0 Å². The van der Waals surface area contributed by atoms with Crippen molar-refractivity contribution in [2.75, 3.05) is 39.8 Å². The molecule has 142 valence electrons. The maximum Gasteiger partial charge on any atom is 0.410 e. The zero-order valence-corrected chi connectivity index (χ0v) is 15.4. The average Bonchev–Trinajstić information content (AvgIpc) is 2.97. The number of likely N-dealkylation sites (tertiary alicyclic amines) is 1. The van der Waals surface area contributed by atoms with Crippen LogP contribution in [0.2, 0.25) is 0 Å². The molecule has 2 heterocycles. The first-order valence-electron chi connectivity index (χ1n) is 9.14. The molecule has 0 radical (unpaired) electrons. The van der Waals surface area contributed by atoms with Crippen LogP contribution >= 0.6 is 0 Å². The van der Waals surface area contributed by atoms with Gasteiger partial charge < -0.3 is 19.7 Å². The smallest absolute Gasteiger partial charge is 0.410 e. The molecule has 7 heteroatoms. The number of rotatable bonds is 6. The largest absolute Gasteiger partial charge is 0.492 e. The van der Waals surface area contributed by atoms with Gasteiger partial charge >= 0.3 is 6.09 Å². The number of hydrogen-bond acceptors (Lipinski definition) is 5. The van der Waals surface area contributed by atoms with Crippen LogP contribution in [0.1, 0.15) is 19.8 Å². The van der Waals surface area contributed by atoms with E-state index in [-0.39, 0.29) is 18.0 Å². The highest BCUT2D eigenvalue weighted by Crippen LogP contribution is 2.33. The van der Waals surface area contributed by atoms with E-state index in [4.69, 9.17) is 9.47 Å². The van der Waals surface area contributed by atoms with Crippen LogP contribution in [0.15, 0.2) is 30.3 Å². The van der Waals surface area contributed by atoms with Crippen molar-refractivity contribution in [3.05, 3.63) is 30.3 Å². The van der Waals surface area contributed by atoms with Gasteiger partial charge in [0.15, 0.2) is 0 Å². The zero-order chi connectivity index (χ0) is 18.6. The first kappa shape index (κ1) is 18.5. The van der Waals surface area contributed by atoms with Crippen molar-refractivity contribution in [2.24, 2.45) is 0 Å². The fraction of sp³-hybridized carbons (Fsp3) is 0.579. The summed E-state index contributed by atoms with van der Waals surface area (Å²) in [4.78, 5) is 27.9. The molecule has 7 nitrogen and oxygen atoms in total. The minimum absolute atomic E-state index is 0.0176. The van der Waals surface area contributed by atoms with Crippen LogP contribution < -0.4 is 10.1 Å². The van der Waals surface area contributed by atoms with Crippen LogP contribution in [0.4, 0.5) is 4.79 Å². The second-order valence-electron chi connectivity index (χ2n) is 6.96. The number of amides is 2. The molecule has 2 fully saturated rings. The maximum absolute atomic E-state index is 12.2. The monoisotopic (exact) mass is 361 g/mol. The summed E-state index contributed by atoms with van der Waals surface area (Å²) in [5.41, 5.74) is -0.428. The third-order valence-corrected chi connectivity index (χ3v) is 5.30. The fourth-order valence-corrected chi connectivity index (χ4v) is 3.61. The lowest BCUT2D eigenvalue weighted by Crippen LogP contribution is -2.53. The van der Waals surface area contributed by atoms with Crippen LogP contribution in [-0.2, 0) is 9.53 Å². The maximum atomic E-state index is 12.2. The van der Waals surface area contributed by atoms with Crippen molar-refractivity contribution in [3.8, 4) is 5.75 Å². The second-order valence-corrected chi connectivity index (χ2v) is 6.96. The molecule has 1 spiro atoms. The van der Waals surface area contributed by atoms with E-state index >= 15 is 0 Å². The quantitative estimate of drug-likeness (QED) is 0.831. The Kier molecular flexibility index (Phi) is 5.66. The van der Waals surface area contributed by atoms with E-state index in [1.165, 1.54) is 0 Å². The van der Waals surface area contributed by atoms with Gasteiger partial charge in [-0.2, -0.15) is 0 Å². The lowest BCUT2D eigenvalue weighted by atomic mass is 9.90. The lowest BCUT2D eigenvalue weighted by molar-refractivity contribution is -0.126. The van der Waals surface area contributed by atoms with Crippen molar-refractivity contribution in [1.82, 2.24) is 15.1 Å². The van der Waals surface area contributed by atoms with E-state index in [9.17, 15) is 9.59 Å². The Hall–Kier alpha value is -2.28. The number of carbonyl (C=O) groups is 2. The predicted molar refractivity (Wildman–Crippen MR) is 97.1 cm³/mol. The van der Waals surface area contributed by atoms with Crippen LogP contribution in [0, 0.1) is 0 Å². The van der Waals surface area contributed by atoms with Gasteiger partial charge in [-0.15, -0.1) is 0 Å². The van der Waals surface area contributed by atoms with Gasteiger partial charge in [0.1, 0.15) is 18.0 Å². The Morgan fingerprint density at radius 1 is 1.31 bits per heavy atom. The second kappa shape index (κ2) is 7.95. The summed E-state index contributed by atoms with van der Waals surface area (Å²) < 4.78 is 11.4. The van der Waals surface area contributed by atoms with Gasteiger partial charge in [0.05, 0.1) is 19.1 Å². The Bertz CT molecular complexity index is 629. The number of piperidine rings is 1. The van der Waals surface area contributed by atoms with E-state index in [0.717, 1.165) is 31.7 Å². The number of carbonyl (C=O) groups excluding carboxylic acids is 2. The minimum Gasteiger partial charge on any atom is -0.492 e. The van der Waals surface area contributed by atoms with Crippen molar-refractivity contribution in [3.63, 3.8) is 0 Å². The molecule has 26 heavy (non-hydrogen) atoms. The molecule has 0 aromatic heterocycles. The molecule has 2 saturated heterocycles. The summed E-state index contributed by atoms with van der Waals surface area (Å²) >= 11 is 0. The molecular weight excluding hydrogens is 334 g/mol. The Labute approximate surface area is 154 Å². The summed E-state index contributed by atoms with van der Waals surface area (Å²) in [7, 11) is 1.65. The van der Waals surface area contributed by atoms with Gasteiger partial charge in [-0.1, -0.05) is 18.2 Å². The molecule has 1 N–H and O–H groups in total. The van der Waals surface area contributed by atoms with Gasteiger partial charge in [-0.05, 0) is 19.1 Å². The van der Waals surface area contributed by atoms with Crippen LogP contribution in [-0.4, -0.2) is 73.3 Å². The van der Waals surface area contributed by atoms with Gasteiger partial charge in [0, 0.05) is 33.0 Å². The molecule has 1 atom stereocenters. The molecular formula is C19H27N3O4. The minimum atomic E-state index is -0.428. The van der Waals surface area contributed by atoms with Crippen molar-refractivity contribution < 1.29 is 19.1 Å². The first-order chi connectivity index (χ1) is 12.5. The van der Waals surface area contributed by atoms with Crippen molar-refractivity contribution >= 4 is 12.0 Å². The van der Waals surface area contributed by atoms with Crippen molar-refractivity contribution in [2.45, 2.75) is 31.4 Å². The van der Waals surface area contributed by atoms with Gasteiger partial charge in [-0.25, -0.2) is 4.79 Å². The third kappa shape index (κ3) is 4.09. The molecule has 1 aromatic carbocycles. The highest BCUT2D eigenvalue weighted by atomic mass is 16.6. The zero-order valence-electron chi connectivity index (χ0n) is 15.4. The van der Waals surface area contributed by atoms with Gasteiger partial charge in [-0.3, -0.25) is 9.69 Å². The summed E-state index contributed by atoms with van der Waals surface area (Å²) in [5, 5.41) is 2.69. The molecule has 0 saturated carbocycles. The first-order valence-corrected chi connectivity index (χ1v) is 9.14. The van der Waals surface area contributed by atoms with Crippen LogP contribution in [0.5, 0.6) is 5.75 Å². The van der Waals surface area contributed by atoms with E-state index in [0.29, 0.717) is 19.7 Å². The fourth-order valence-electron chi connectivity index (χ4n) is 3.61.